The third-order valence-electron chi connectivity index (χ3n) is 6.09. The number of hydrogen-bond acceptors (Lipinski definition) is 5. The molecule has 35 heavy (non-hydrogen) atoms. The van der Waals surface area contributed by atoms with Gasteiger partial charge in [0.2, 0.25) is 0 Å². The first-order chi connectivity index (χ1) is 16.8. The molecule has 180 valence electrons. The number of nitrogens with zero attached hydrogens (tertiary/aromatic N) is 1. The topological polar surface area (TPSA) is 76.1 Å². The summed E-state index contributed by atoms with van der Waals surface area (Å²) in [6.45, 7) is 6.34. The zero-order chi connectivity index (χ0) is 25.1. The van der Waals surface area contributed by atoms with Gasteiger partial charge in [-0.1, -0.05) is 36.8 Å². The lowest BCUT2D eigenvalue weighted by molar-refractivity contribution is -0.132. The van der Waals surface area contributed by atoms with Crippen molar-refractivity contribution in [1.82, 2.24) is 0 Å². The normalized spacial score (nSPS) is 17.0. The number of amides is 1. The highest BCUT2D eigenvalue weighted by Crippen LogP contribution is 2.43. The molecule has 1 saturated heterocycles. The van der Waals surface area contributed by atoms with Gasteiger partial charge in [-0.25, -0.2) is 0 Å². The number of benzene rings is 3. The van der Waals surface area contributed by atoms with Crippen LogP contribution in [0.15, 0.2) is 72.3 Å². The van der Waals surface area contributed by atoms with Crippen LogP contribution in [0.3, 0.4) is 0 Å². The van der Waals surface area contributed by atoms with E-state index in [2.05, 4.69) is 0 Å². The number of Topliss-reactive ketones (excluding diaryl/α,β-unsaturated/α-hetero) is 1. The van der Waals surface area contributed by atoms with E-state index in [4.69, 9.17) is 9.47 Å². The number of methoxy groups -OCH3 is 1. The molecular formula is C29H29NO5. The second kappa shape index (κ2) is 10.1. The number of aliphatic hydroxyl groups excluding tert-OH is 1. The average molecular weight is 472 g/mol. The van der Waals surface area contributed by atoms with Gasteiger partial charge in [-0.2, -0.15) is 0 Å². The van der Waals surface area contributed by atoms with E-state index in [0.29, 0.717) is 34.9 Å². The quantitative estimate of drug-likeness (QED) is 0.271. The van der Waals surface area contributed by atoms with E-state index >= 15 is 0 Å². The standard InChI is InChI=1S/C29H29NO5/c1-5-15-35-23-8-6-7-20(17-23)26-25(27(31)24-16-18(2)9-10-19(24)3)28(32)29(33)30(26)21-11-13-22(34-4)14-12-21/h6-14,16-17,26,31H,5,15H2,1-4H3/b27-25+. The first kappa shape index (κ1) is 24.1. The van der Waals surface area contributed by atoms with E-state index in [1.54, 1.807) is 31.4 Å². The van der Waals surface area contributed by atoms with Gasteiger partial charge in [-0.05, 0) is 73.9 Å². The third kappa shape index (κ3) is 4.64. The molecule has 3 aromatic rings. The molecule has 1 fully saturated rings. The average Bonchev–Trinajstić information content (AvgIpc) is 3.14. The molecule has 4 rings (SSSR count). The first-order valence-electron chi connectivity index (χ1n) is 11.6. The Bertz CT molecular complexity index is 1290. The van der Waals surface area contributed by atoms with Crippen LogP contribution in [-0.4, -0.2) is 30.5 Å². The van der Waals surface area contributed by atoms with Crippen molar-refractivity contribution in [2.45, 2.75) is 33.2 Å². The number of rotatable bonds is 7. The van der Waals surface area contributed by atoms with Crippen molar-refractivity contribution in [3.8, 4) is 11.5 Å². The Balaban J connectivity index is 1.93. The molecule has 1 atom stereocenters. The Morgan fingerprint density at radius 2 is 1.71 bits per heavy atom. The summed E-state index contributed by atoms with van der Waals surface area (Å²) >= 11 is 0. The van der Waals surface area contributed by atoms with Gasteiger partial charge in [-0.15, -0.1) is 0 Å². The zero-order valence-electron chi connectivity index (χ0n) is 20.4. The van der Waals surface area contributed by atoms with Crippen LogP contribution in [0, 0.1) is 13.8 Å². The number of aliphatic hydroxyl groups is 1. The second-order valence-electron chi connectivity index (χ2n) is 8.61. The lowest BCUT2D eigenvalue weighted by Crippen LogP contribution is -2.29. The van der Waals surface area contributed by atoms with Crippen molar-refractivity contribution >= 4 is 23.1 Å². The summed E-state index contributed by atoms with van der Waals surface area (Å²) in [5, 5.41) is 11.4. The van der Waals surface area contributed by atoms with Crippen molar-refractivity contribution in [2.75, 3.05) is 18.6 Å². The number of hydrogen-bond donors (Lipinski definition) is 1. The summed E-state index contributed by atoms with van der Waals surface area (Å²) in [7, 11) is 1.56. The van der Waals surface area contributed by atoms with Crippen molar-refractivity contribution in [1.29, 1.82) is 0 Å². The molecule has 0 radical (unpaired) electrons. The van der Waals surface area contributed by atoms with Crippen LogP contribution in [0.2, 0.25) is 0 Å². The van der Waals surface area contributed by atoms with Crippen LogP contribution >= 0.6 is 0 Å². The maximum absolute atomic E-state index is 13.4. The Hall–Kier alpha value is -4.06. The molecule has 1 N–H and O–H groups in total. The SMILES string of the molecule is CCCOc1cccc(C2/C(=C(\O)c3cc(C)ccc3C)C(=O)C(=O)N2c2ccc(OC)cc2)c1. The molecule has 0 aromatic heterocycles. The summed E-state index contributed by atoms with van der Waals surface area (Å²) in [6, 6.07) is 19.1. The second-order valence-corrected chi connectivity index (χ2v) is 8.61. The largest absolute Gasteiger partial charge is 0.507 e. The molecule has 0 bridgehead atoms. The Morgan fingerprint density at radius 3 is 2.40 bits per heavy atom. The molecule has 0 aliphatic carbocycles. The van der Waals surface area contributed by atoms with Gasteiger partial charge in [0.25, 0.3) is 11.7 Å². The fourth-order valence-corrected chi connectivity index (χ4v) is 4.29. The van der Waals surface area contributed by atoms with Crippen LogP contribution in [0.1, 0.15) is 41.6 Å². The van der Waals surface area contributed by atoms with Gasteiger partial charge in [0, 0.05) is 11.3 Å². The van der Waals surface area contributed by atoms with Gasteiger partial charge in [0.05, 0.1) is 25.3 Å². The number of ketones is 1. The molecule has 0 spiro atoms. The lowest BCUT2D eigenvalue weighted by atomic mass is 9.93. The highest BCUT2D eigenvalue weighted by atomic mass is 16.5. The molecule has 1 unspecified atom stereocenters. The summed E-state index contributed by atoms with van der Waals surface area (Å²) in [5.74, 6) is -0.356. The molecule has 3 aromatic carbocycles. The summed E-state index contributed by atoms with van der Waals surface area (Å²) < 4.78 is 11.1. The van der Waals surface area contributed by atoms with Crippen molar-refractivity contribution in [3.05, 3.63) is 94.6 Å². The van der Waals surface area contributed by atoms with Crippen molar-refractivity contribution < 1.29 is 24.2 Å². The first-order valence-corrected chi connectivity index (χ1v) is 11.6. The Morgan fingerprint density at radius 1 is 0.971 bits per heavy atom. The van der Waals surface area contributed by atoms with Crippen LogP contribution in [-0.2, 0) is 9.59 Å². The van der Waals surface area contributed by atoms with Crippen LogP contribution < -0.4 is 14.4 Å². The number of carbonyl (C=O) groups is 2. The molecule has 1 heterocycles. The minimum absolute atomic E-state index is 0.0483. The van der Waals surface area contributed by atoms with E-state index in [-0.39, 0.29) is 11.3 Å². The van der Waals surface area contributed by atoms with Gasteiger partial charge in [0.1, 0.15) is 17.3 Å². The maximum atomic E-state index is 13.4. The number of carbonyl (C=O) groups excluding carboxylic acids is 2. The van der Waals surface area contributed by atoms with Gasteiger partial charge in [-0.3, -0.25) is 14.5 Å². The lowest BCUT2D eigenvalue weighted by Gasteiger charge is -2.26. The zero-order valence-corrected chi connectivity index (χ0v) is 20.4. The van der Waals surface area contributed by atoms with Crippen molar-refractivity contribution in [3.63, 3.8) is 0 Å². The summed E-state index contributed by atoms with van der Waals surface area (Å²) in [6.07, 6.45) is 0.848. The molecule has 6 nitrogen and oxygen atoms in total. The Kier molecular flexibility index (Phi) is 6.92. The predicted molar refractivity (Wildman–Crippen MR) is 136 cm³/mol. The molecule has 6 heteroatoms. The van der Waals surface area contributed by atoms with E-state index in [9.17, 15) is 14.7 Å². The molecule has 1 aliphatic heterocycles. The van der Waals surface area contributed by atoms with Crippen LogP contribution in [0.25, 0.3) is 5.76 Å². The van der Waals surface area contributed by atoms with Gasteiger partial charge >= 0.3 is 0 Å². The van der Waals surface area contributed by atoms with E-state index in [0.717, 1.165) is 17.5 Å². The van der Waals surface area contributed by atoms with E-state index in [1.807, 2.05) is 63.2 Å². The fraction of sp³-hybridized carbons (Fsp3) is 0.241. The van der Waals surface area contributed by atoms with E-state index in [1.165, 1.54) is 4.90 Å². The van der Waals surface area contributed by atoms with Crippen molar-refractivity contribution in [2.24, 2.45) is 0 Å². The highest BCUT2D eigenvalue weighted by Gasteiger charge is 2.47. The van der Waals surface area contributed by atoms with E-state index < -0.39 is 17.7 Å². The van der Waals surface area contributed by atoms with Gasteiger partial charge < -0.3 is 14.6 Å². The third-order valence-corrected chi connectivity index (χ3v) is 6.09. The summed E-state index contributed by atoms with van der Waals surface area (Å²) in [5.41, 5.74) is 3.52. The fourth-order valence-electron chi connectivity index (χ4n) is 4.29. The van der Waals surface area contributed by atoms with Gasteiger partial charge in [0.15, 0.2) is 0 Å². The minimum atomic E-state index is -0.825. The molecule has 1 amide bonds. The summed E-state index contributed by atoms with van der Waals surface area (Å²) in [4.78, 5) is 28.2. The van der Waals surface area contributed by atoms with Crippen LogP contribution in [0.5, 0.6) is 11.5 Å². The molecular weight excluding hydrogens is 442 g/mol. The molecule has 0 saturated carbocycles. The number of ether oxygens (including phenoxy) is 2. The number of anilines is 1. The highest BCUT2D eigenvalue weighted by molar-refractivity contribution is 6.51. The molecule has 1 aliphatic rings. The predicted octanol–water partition coefficient (Wildman–Crippen LogP) is 5.73. The monoisotopic (exact) mass is 471 g/mol. The minimum Gasteiger partial charge on any atom is -0.507 e. The number of aryl methyl sites for hydroxylation is 2. The van der Waals surface area contributed by atoms with Crippen LogP contribution in [0.4, 0.5) is 5.69 Å². The Labute approximate surface area is 205 Å². The smallest absolute Gasteiger partial charge is 0.300 e. The maximum Gasteiger partial charge on any atom is 0.300 e.